The Kier molecular flexibility index (Phi) is 8.05. The molecule has 6 rings (SSSR count). The first-order chi connectivity index (χ1) is 21.2. The van der Waals surface area contributed by atoms with E-state index in [2.05, 4.69) is 0 Å². The highest BCUT2D eigenvalue weighted by molar-refractivity contribution is 7.07. The Labute approximate surface area is 263 Å². The summed E-state index contributed by atoms with van der Waals surface area (Å²) in [6.07, 6.45) is 1.55. The number of nitro benzene ring substituents is 1. The molecule has 0 saturated heterocycles. The van der Waals surface area contributed by atoms with Gasteiger partial charge in [-0.2, -0.15) is 0 Å². The fourth-order valence-corrected chi connectivity index (χ4v) is 6.24. The van der Waals surface area contributed by atoms with Gasteiger partial charge in [-0.3, -0.25) is 19.5 Å². The van der Waals surface area contributed by atoms with E-state index in [0.717, 1.165) is 11.3 Å². The second-order valence-corrected chi connectivity index (χ2v) is 11.5. The van der Waals surface area contributed by atoms with Crippen LogP contribution in [0, 0.1) is 10.1 Å². The molecule has 44 heavy (non-hydrogen) atoms. The van der Waals surface area contributed by atoms with Crippen molar-refractivity contribution in [3.05, 3.63) is 147 Å². The van der Waals surface area contributed by atoms with Crippen LogP contribution in [0.2, 0.25) is 10.0 Å². The lowest BCUT2D eigenvalue weighted by atomic mass is 9.93. The van der Waals surface area contributed by atoms with Gasteiger partial charge in [0.05, 0.1) is 38.9 Å². The molecule has 3 aromatic carbocycles. The minimum Gasteiger partial charge on any atom is -0.463 e. The molecule has 3 heterocycles. The Morgan fingerprint density at radius 3 is 2.50 bits per heavy atom. The number of nitro groups is 1. The molecule has 1 atom stereocenters. The van der Waals surface area contributed by atoms with E-state index < -0.39 is 22.5 Å². The van der Waals surface area contributed by atoms with Crippen LogP contribution in [-0.4, -0.2) is 22.1 Å². The lowest BCUT2D eigenvalue weighted by Crippen LogP contribution is -2.39. The highest BCUT2D eigenvalue weighted by Crippen LogP contribution is 2.36. The summed E-state index contributed by atoms with van der Waals surface area (Å²) in [7, 11) is 0. The van der Waals surface area contributed by atoms with Crippen LogP contribution in [0.4, 0.5) is 5.69 Å². The third kappa shape index (κ3) is 5.50. The summed E-state index contributed by atoms with van der Waals surface area (Å²) in [5.41, 5.74) is 1.58. The highest BCUT2D eigenvalue weighted by atomic mass is 35.5. The van der Waals surface area contributed by atoms with Gasteiger partial charge in [0.1, 0.15) is 11.5 Å². The minimum atomic E-state index is -0.858. The number of carbonyl (C=O) groups excluding carboxylic acids is 1. The number of hydrogen-bond donors (Lipinski definition) is 0. The largest absolute Gasteiger partial charge is 0.463 e. The number of benzene rings is 3. The van der Waals surface area contributed by atoms with Gasteiger partial charge in [-0.15, -0.1) is 0 Å². The Balaban J connectivity index is 1.55. The number of aromatic nitrogens is 1. The first kappa shape index (κ1) is 29.3. The van der Waals surface area contributed by atoms with Crippen molar-refractivity contribution in [3.63, 3.8) is 0 Å². The SMILES string of the molecule is CCOC(=O)C1=C(c2ccccc2)N=c2s/c(=C\c3ccc(-c4ccc(Cl)cc4[N+](=O)[O-])o3)c(=O)n2C1c1ccc(Cl)cc1. The van der Waals surface area contributed by atoms with E-state index in [-0.39, 0.29) is 38.7 Å². The van der Waals surface area contributed by atoms with Gasteiger partial charge in [-0.25, -0.2) is 9.79 Å². The van der Waals surface area contributed by atoms with E-state index in [1.54, 1.807) is 49.4 Å². The topological polar surface area (TPSA) is 117 Å². The molecule has 0 amide bonds. The van der Waals surface area contributed by atoms with Crippen LogP contribution in [0.25, 0.3) is 23.1 Å². The van der Waals surface area contributed by atoms with Crippen LogP contribution in [0.1, 0.15) is 29.9 Å². The molecule has 12 heteroatoms. The maximum atomic E-state index is 14.0. The standard InChI is InChI=1S/C32H21Cl2N3O6S/c1-2-42-31(39)27-28(18-6-4-3-5-7-18)35-32-36(29(27)19-8-10-20(33)11-9-19)30(38)26(44-32)17-22-13-15-25(43-22)23-14-12-21(34)16-24(23)37(40)41/h3-17,29H,2H2,1H3/b26-17-. The molecule has 0 N–H and O–H groups in total. The van der Waals surface area contributed by atoms with E-state index in [1.807, 2.05) is 30.3 Å². The molecule has 1 aliphatic rings. The monoisotopic (exact) mass is 645 g/mol. The van der Waals surface area contributed by atoms with Crippen LogP contribution >= 0.6 is 34.5 Å². The molecule has 2 aromatic heterocycles. The number of thiazole rings is 1. The van der Waals surface area contributed by atoms with Gasteiger partial charge in [-0.05, 0) is 48.9 Å². The number of hydrogen-bond acceptors (Lipinski definition) is 8. The van der Waals surface area contributed by atoms with E-state index in [1.165, 1.54) is 22.8 Å². The number of halogens is 2. The number of carbonyl (C=O) groups is 1. The molecule has 1 aliphatic heterocycles. The number of fused-ring (bicyclic) bond motifs is 1. The van der Waals surface area contributed by atoms with E-state index in [0.29, 0.717) is 32.4 Å². The lowest BCUT2D eigenvalue weighted by molar-refractivity contribution is -0.384. The second kappa shape index (κ2) is 12.1. The number of esters is 1. The molecule has 9 nitrogen and oxygen atoms in total. The molecule has 0 saturated carbocycles. The average molecular weight is 647 g/mol. The Morgan fingerprint density at radius 2 is 1.80 bits per heavy atom. The summed E-state index contributed by atoms with van der Waals surface area (Å²) in [5, 5.41) is 12.3. The molecule has 0 bridgehead atoms. The molecule has 0 aliphatic carbocycles. The van der Waals surface area contributed by atoms with Crippen LogP contribution in [0.15, 0.2) is 105 Å². The first-order valence-electron chi connectivity index (χ1n) is 13.3. The third-order valence-corrected chi connectivity index (χ3v) is 8.35. The molecular formula is C32H21Cl2N3O6S. The maximum Gasteiger partial charge on any atom is 0.338 e. The van der Waals surface area contributed by atoms with Crippen LogP contribution in [-0.2, 0) is 9.53 Å². The molecule has 0 fully saturated rings. The zero-order chi connectivity index (χ0) is 31.0. The Hall–Kier alpha value is -4.77. The summed E-state index contributed by atoms with van der Waals surface area (Å²) < 4.78 is 13.1. The van der Waals surface area contributed by atoms with Gasteiger partial charge >= 0.3 is 5.97 Å². The van der Waals surface area contributed by atoms with Gasteiger partial charge in [-0.1, -0.05) is 77.0 Å². The van der Waals surface area contributed by atoms with Gasteiger partial charge in [0.2, 0.25) is 0 Å². The van der Waals surface area contributed by atoms with Gasteiger partial charge in [0.15, 0.2) is 4.80 Å². The fourth-order valence-electron chi connectivity index (χ4n) is 4.97. The molecular weight excluding hydrogens is 625 g/mol. The van der Waals surface area contributed by atoms with Crippen LogP contribution < -0.4 is 14.9 Å². The predicted molar refractivity (Wildman–Crippen MR) is 168 cm³/mol. The molecule has 5 aromatic rings. The van der Waals surface area contributed by atoms with E-state index in [9.17, 15) is 19.7 Å². The van der Waals surface area contributed by atoms with Crippen LogP contribution in [0.3, 0.4) is 0 Å². The zero-order valence-corrected chi connectivity index (χ0v) is 25.2. The zero-order valence-electron chi connectivity index (χ0n) is 22.9. The van der Waals surface area contributed by atoms with Crippen molar-refractivity contribution in [2.75, 3.05) is 6.61 Å². The highest BCUT2D eigenvalue weighted by Gasteiger charge is 2.35. The number of rotatable bonds is 7. The number of furan rings is 1. The van der Waals surface area contributed by atoms with Gasteiger partial charge < -0.3 is 9.15 Å². The predicted octanol–water partition coefficient (Wildman–Crippen LogP) is 6.41. The smallest absolute Gasteiger partial charge is 0.338 e. The molecule has 220 valence electrons. The van der Waals surface area contributed by atoms with E-state index >= 15 is 0 Å². The number of nitrogens with zero attached hydrogens (tertiary/aromatic N) is 3. The summed E-state index contributed by atoms with van der Waals surface area (Å²) in [4.78, 5) is 43.8. The minimum absolute atomic E-state index is 0.134. The second-order valence-electron chi connectivity index (χ2n) is 9.60. The van der Waals surface area contributed by atoms with Crippen molar-refractivity contribution >= 4 is 58.0 Å². The quantitative estimate of drug-likeness (QED) is 0.115. The van der Waals surface area contributed by atoms with Crippen molar-refractivity contribution in [1.82, 2.24) is 4.57 Å². The fraction of sp³-hybridized carbons (Fsp3) is 0.0938. The lowest BCUT2D eigenvalue weighted by Gasteiger charge is -2.25. The van der Waals surface area contributed by atoms with E-state index in [4.69, 9.17) is 37.3 Å². The third-order valence-electron chi connectivity index (χ3n) is 6.88. The van der Waals surface area contributed by atoms with Crippen molar-refractivity contribution < 1.29 is 18.9 Å². The molecule has 1 unspecified atom stereocenters. The number of ether oxygens (including phenoxy) is 1. The summed E-state index contributed by atoms with van der Waals surface area (Å²) >= 11 is 13.3. The molecule has 0 spiro atoms. The summed E-state index contributed by atoms with van der Waals surface area (Å²) in [5.74, 6) is -0.0580. The van der Waals surface area contributed by atoms with Crippen molar-refractivity contribution in [3.8, 4) is 11.3 Å². The maximum absolute atomic E-state index is 14.0. The van der Waals surface area contributed by atoms with Crippen molar-refractivity contribution in [2.24, 2.45) is 4.99 Å². The van der Waals surface area contributed by atoms with Crippen molar-refractivity contribution in [2.45, 2.75) is 13.0 Å². The van der Waals surface area contributed by atoms with Gasteiger partial charge in [0, 0.05) is 27.8 Å². The first-order valence-corrected chi connectivity index (χ1v) is 14.9. The Morgan fingerprint density at radius 1 is 1.07 bits per heavy atom. The Bertz CT molecular complexity index is 2130. The normalized spacial score (nSPS) is 14.7. The van der Waals surface area contributed by atoms with Gasteiger partial charge in [0.25, 0.3) is 11.2 Å². The van der Waals surface area contributed by atoms with Crippen LogP contribution in [0.5, 0.6) is 0 Å². The summed E-state index contributed by atoms with van der Waals surface area (Å²) in [6, 6.07) is 22.7. The molecule has 0 radical (unpaired) electrons. The average Bonchev–Trinajstić information content (AvgIpc) is 3.61. The summed E-state index contributed by atoms with van der Waals surface area (Å²) in [6.45, 7) is 1.85. The van der Waals surface area contributed by atoms with Crippen molar-refractivity contribution in [1.29, 1.82) is 0 Å².